The summed E-state index contributed by atoms with van der Waals surface area (Å²) in [5.74, 6) is -1.64. The molecule has 0 spiro atoms. The molecule has 0 aliphatic rings. The lowest BCUT2D eigenvalue weighted by Gasteiger charge is -2.27. The highest BCUT2D eigenvalue weighted by Gasteiger charge is 2.24. The summed E-state index contributed by atoms with van der Waals surface area (Å²) >= 11 is 5.92. The molecule has 0 fully saturated rings. The minimum Gasteiger partial charge on any atom is -0.480 e. The van der Waals surface area contributed by atoms with E-state index >= 15 is 0 Å². The van der Waals surface area contributed by atoms with E-state index in [1.165, 1.54) is 4.90 Å². The second-order valence-electron chi connectivity index (χ2n) is 3.87. The largest absolute Gasteiger partial charge is 0.480 e. The molecule has 1 rings (SSSR count). The van der Waals surface area contributed by atoms with E-state index in [4.69, 9.17) is 22.4 Å². The van der Waals surface area contributed by atoms with Crippen LogP contribution in [-0.4, -0.2) is 30.1 Å². The molecule has 1 aromatic rings. The lowest BCUT2D eigenvalue weighted by Crippen LogP contribution is -2.39. The molecule has 5 nitrogen and oxygen atoms in total. The highest BCUT2D eigenvalue weighted by atomic mass is 35.5. The van der Waals surface area contributed by atoms with Crippen LogP contribution in [0.25, 0.3) is 0 Å². The van der Waals surface area contributed by atoms with Crippen molar-refractivity contribution in [2.75, 3.05) is 11.9 Å². The second-order valence-corrected chi connectivity index (χ2v) is 4.28. The first-order chi connectivity index (χ1) is 8.40. The van der Waals surface area contributed by atoms with Gasteiger partial charge in [0.25, 0.3) is 5.91 Å². The van der Waals surface area contributed by atoms with Crippen molar-refractivity contribution in [2.45, 2.75) is 19.4 Å². The van der Waals surface area contributed by atoms with E-state index in [1.54, 1.807) is 32.2 Å². The molecule has 1 aromatic carbocycles. The van der Waals surface area contributed by atoms with Gasteiger partial charge >= 0.3 is 5.97 Å². The molecule has 0 bridgehead atoms. The fourth-order valence-corrected chi connectivity index (χ4v) is 2.10. The van der Waals surface area contributed by atoms with Crippen LogP contribution in [0.15, 0.2) is 18.2 Å². The standard InChI is InChI=1S/C12H15ClN2O3/c1-3-8(12(17)18)15(2)9-6-4-5-7(13)10(9)11(14)16/h4-6,8H,3H2,1-2H3,(H2,14,16)(H,17,18). The number of likely N-dealkylation sites (N-methyl/N-ethyl adjacent to an activating group) is 1. The van der Waals surface area contributed by atoms with Crippen molar-refractivity contribution in [3.8, 4) is 0 Å². The third-order valence-corrected chi connectivity index (χ3v) is 3.07. The normalized spacial score (nSPS) is 11.9. The number of carboxylic acid groups (broad SMARTS) is 1. The maximum absolute atomic E-state index is 11.4. The fraction of sp³-hybridized carbons (Fsp3) is 0.333. The summed E-state index contributed by atoms with van der Waals surface area (Å²) in [5, 5.41) is 9.33. The minimum absolute atomic E-state index is 0.140. The van der Waals surface area contributed by atoms with Gasteiger partial charge in [0.05, 0.1) is 16.3 Å². The van der Waals surface area contributed by atoms with Crippen LogP contribution < -0.4 is 10.6 Å². The summed E-state index contributed by atoms with van der Waals surface area (Å²) in [5.41, 5.74) is 5.83. The Labute approximate surface area is 110 Å². The average Bonchev–Trinajstić information content (AvgIpc) is 2.28. The average molecular weight is 271 g/mol. The summed E-state index contributed by atoms with van der Waals surface area (Å²) in [6.07, 6.45) is 0.399. The van der Waals surface area contributed by atoms with Crippen molar-refractivity contribution in [2.24, 2.45) is 5.73 Å². The number of anilines is 1. The van der Waals surface area contributed by atoms with E-state index < -0.39 is 17.9 Å². The molecule has 1 amide bonds. The third kappa shape index (κ3) is 2.73. The van der Waals surface area contributed by atoms with Gasteiger partial charge in [-0.25, -0.2) is 4.79 Å². The van der Waals surface area contributed by atoms with Gasteiger partial charge in [0.2, 0.25) is 0 Å². The number of carboxylic acids is 1. The Morgan fingerprint density at radius 1 is 1.50 bits per heavy atom. The second kappa shape index (κ2) is 5.73. The van der Waals surface area contributed by atoms with Crippen molar-refractivity contribution in [1.29, 1.82) is 0 Å². The fourth-order valence-electron chi connectivity index (χ4n) is 1.83. The van der Waals surface area contributed by atoms with E-state index in [0.29, 0.717) is 12.1 Å². The van der Waals surface area contributed by atoms with E-state index in [1.807, 2.05) is 0 Å². The number of carbonyl (C=O) groups excluding carboxylic acids is 1. The zero-order valence-corrected chi connectivity index (χ0v) is 10.9. The number of aliphatic carboxylic acids is 1. The highest BCUT2D eigenvalue weighted by molar-refractivity contribution is 6.34. The predicted octanol–water partition coefficient (Wildman–Crippen LogP) is 1.74. The van der Waals surface area contributed by atoms with E-state index in [9.17, 15) is 9.59 Å². The number of amides is 1. The van der Waals surface area contributed by atoms with Crippen LogP contribution in [-0.2, 0) is 4.79 Å². The van der Waals surface area contributed by atoms with Crippen LogP contribution in [0, 0.1) is 0 Å². The predicted molar refractivity (Wildman–Crippen MR) is 70.1 cm³/mol. The Morgan fingerprint density at radius 3 is 2.56 bits per heavy atom. The van der Waals surface area contributed by atoms with E-state index in [-0.39, 0.29) is 10.6 Å². The maximum atomic E-state index is 11.4. The smallest absolute Gasteiger partial charge is 0.326 e. The summed E-state index contributed by atoms with van der Waals surface area (Å²) in [6, 6.07) is 4.08. The van der Waals surface area contributed by atoms with Gasteiger partial charge < -0.3 is 15.7 Å². The molecule has 0 radical (unpaired) electrons. The first kappa shape index (κ1) is 14.3. The van der Waals surface area contributed by atoms with Crippen LogP contribution >= 0.6 is 11.6 Å². The third-order valence-electron chi connectivity index (χ3n) is 2.76. The van der Waals surface area contributed by atoms with Gasteiger partial charge in [-0.15, -0.1) is 0 Å². The van der Waals surface area contributed by atoms with Gasteiger partial charge in [-0.1, -0.05) is 24.6 Å². The molecule has 6 heteroatoms. The zero-order valence-electron chi connectivity index (χ0n) is 10.2. The molecule has 3 N–H and O–H groups in total. The number of carbonyl (C=O) groups is 2. The maximum Gasteiger partial charge on any atom is 0.326 e. The monoisotopic (exact) mass is 270 g/mol. The number of nitrogens with two attached hydrogens (primary N) is 1. The summed E-state index contributed by atoms with van der Waals surface area (Å²) in [7, 11) is 1.60. The van der Waals surface area contributed by atoms with Crippen LogP contribution in [0.1, 0.15) is 23.7 Å². The molecule has 0 aromatic heterocycles. The lowest BCUT2D eigenvalue weighted by atomic mass is 10.1. The number of hydrogen-bond donors (Lipinski definition) is 2. The Kier molecular flexibility index (Phi) is 4.55. The van der Waals surface area contributed by atoms with Crippen molar-refractivity contribution in [1.82, 2.24) is 0 Å². The van der Waals surface area contributed by atoms with Crippen LogP contribution in [0.5, 0.6) is 0 Å². The Hall–Kier alpha value is -1.75. The summed E-state index contributed by atoms with van der Waals surface area (Å²) in [4.78, 5) is 24.0. The number of hydrogen-bond acceptors (Lipinski definition) is 3. The molecular formula is C12H15ClN2O3. The van der Waals surface area contributed by atoms with Gasteiger partial charge in [0.1, 0.15) is 6.04 Å². The number of halogens is 1. The molecule has 0 saturated heterocycles. The molecule has 0 aliphatic heterocycles. The molecular weight excluding hydrogens is 256 g/mol. The van der Waals surface area contributed by atoms with Gasteiger partial charge in [-0.2, -0.15) is 0 Å². The van der Waals surface area contributed by atoms with Crippen LogP contribution in [0.3, 0.4) is 0 Å². The van der Waals surface area contributed by atoms with E-state index in [2.05, 4.69) is 0 Å². The summed E-state index contributed by atoms with van der Waals surface area (Å²) < 4.78 is 0. The molecule has 0 heterocycles. The Morgan fingerprint density at radius 2 is 2.11 bits per heavy atom. The molecule has 1 unspecified atom stereocenters. The Balaban J connectivity index is 3.28. The quantitative estimate of drug-likeness (QED) is 0.854. The topological polar surface area (TPSA) is 83.6 Å². The molecule has 0 saturated carbocycles. The molecule has 0 aliphatic carbocycles. The van der Waals surface area contributed by atoms with Crippen LogP contribution in [0.2, 0.25) is 5.02 Å². The minimum atomic E-state index is -0.963. The van der Waals surface area contributed by atoms with Gasteiger partial charge in [0, 0.05) is 7.05 Å². The van der Waals surface area contributed by atoms with Crippen molar-refractivity contribution < 1.29 is 14.7 Å². The van der Waals surface area contributed by atoms with Gasteiger partial charge in [-0.05, 0) is 18.6 Å². The van der Waals surface area contributed by atoms with Crippen LogP contribution in [0.4, 0.5) is 5.69 Å². The zero-order chi connectivity index (χ0) is 13.9. The Bertz CT molecular complexity index is 476. The number of rotatable bonds is 5. The first-order valence-corrected chi connectivity index (χ1v) is 5.81. The van der Waals surface area contributed by atoms with Crippen molar-refractivity contribution >= 4 is 29.2 Å². The number of nitrogens with zero attached hydrogens (tertiary/aromatic N) is 1. The number of benzene rings is 1. The van der Waals surface area contributed by atoms with E-state index in [0.717, 1.165) is 0 Å². The van der Waals surface area contributed by atoms with Crippen molar-refractivity contribution in [3.63, 3.8) is 0 Å². The molecule has 1 atom stereocenters. The number of primary amides is 1. The SMILES string of the molecule is CCC(C(=O)O)N(C)c1cccc(Cl)c1C(N)=O. The van der Waals surface area contributed by atoms with Gasteiger partial charge in [-0.3, -0.25) is 4.79 Å². The van der Waals surface area contributed by atoms with Crippen molar-refractivity contribution in [3.05, 3.63) is 28.8 Å². The summed E-state index contributed by atoms with van der Waals surface area (Å²) in [6.45, 7) is 1.75. The lowest BCUT2D eigenvalue weighted by molar-refractivity contribution is -0.138. The molecule has 98 valence electrons. The van der Waals surface area contributed by atoms with Gasteiger partial charge in [0.15, 0.2) is 0 Å². The first-order valence-electron chi connectivity index (χ1n) is 5.44. The highest BCUT2D eigenvalue weighted by Crippen LogP contribution is 2.28. The molecule has 18 heavy (non-hydrogen) atoms.